The van der Waals surface area contributed by atoms with E-state index < -0.39 is 11.6 Å². The van der Waals surface area contributed by atoms with Gasteiger partial charge in [0, 0.05) is 17.0 Å². The molecule has 2 nitrogen and oxygen atoms in total. The van der Waals surface area contributed by atoms with E-state index in [0.717, 1.165) is 18.9 Å². The third kappa shape index (κ3) is 1.21. The number of fused-ring (bicyclic) bond motifs is 1. The van der Waals surface area contributed by atoms with Crippen molar-refractivity contribution in [1.29, 1.82) is 5.26 Å². The Morgan fingerprint density at radius 2 is 2.06 bits per heavy atom. The number of hydrogen-bond donors (Lipinski definition) is 0. The first-order valence-electron chi connectivity index (χ1n) is 5.02. The van der Waals surface area contributed by atoms with Gasteiger partial charge in [0.05, 0.1) is 0 Å². The lowest BCUT2D eigenvalue weighted by Crippen LogP contribution is -1.83. The minimum absolute atomic E-state index is 0.0140. The Balaban J connectivity index is 2.40. The molecule has 0 unspecified atom stereocenters. The predicted octanol–water partition coefficient (Wildman–Crippen LogP) is 3.46. The van der Waals surface area contributed by atoms with Crippen molar-refractivity contribution in [3.8, 4) is 6.07 Å². The largest absolute Gasteiger partial charge is 0.442 e. The van der Waals surface area contributed by atoms with Crippen LogP contribution >= 0.6 is 0 Å². The van der Waals surface area contributed by atoms with Gasteiger partial charge in [-0.05, 0) is 24.8 Å². The van der Waals surface area contributed by atoms with Crippen LogP contribution in [0.15, 0.2) is 16.5 Å². The fourth-order valence-electron chi connectivity index (χ4n) is 2.00. The Kier molecular flexibility index (Phi) is 1.78. The summed E-state index contributed by atoms with van der Waals surface area (Å²) < 4.78 is 31.7. The van der Waals surface area contributed by atoms with E-state index in [1.54, 1.807) is 0 Å². The first-order chi connectivity index (χ1) is 7.70. The molecular formula is C12H7F2NO. The number of hydrogen-bond acceptors (Lipinski definition) is 2. The van der Waals surface area contributed by atoms with Crippen LogP contribution in [0.3, 0.4) is 0 Å². The number of nitrogens with zero attached hydrogens (tertiary/aromatic N) is 1. The molecule has 0 aliphatic heterocycles. The zero-order chi connectivity index (χ0) is 11.3. The summed E-state index contributed by atoms with van der Waals surface area (Å²) >= 11 is 0. The molecule has 3 rings (SSSR count). The zero-order valence-electron chi connectivity index (χ0n) is 8.26. The third-order valence-electron chi connectivity index (χ3n) is 2.83. The van der Waals surface area contributed by atoms with Crippen molar-refractivity contribution < 1.29 is 13.2 Å². The van der Waals surface area contributed by atoms with Crippen molar-refractivity contribution in [2.24, 2.45) is 0 Å². The van der Waals surface area contributed by atoms with E-state index in [2.05, 4.69) is 0 Å². The first-order valence-corrected chi connectivity index (χ1v) is 5.02. The average Bonchev–Trinajstić information content (AvgIpc) is 3.00. The third-order valence-corrected chi connectivity index (χ3v) is 2.83. The van der Waals surface area contributed by atoms with Gasteiger partial charge in [0.2, 0.25) is 5.76 Å². The highest BCUT2D eigenvalue weighted by molar-refractivity contribution is 5.84. The van der Waals surface area contributed by atoms with Crippen molar-refractivity contribution in [3.63, 3.8) is 0 Å². The van der Waals surface area contributed by atoms with Crippen molar-refractivity contribution in [1.82, 2.24) is 0 Å². The summed E-state index contributed by atoms with van der Waals surface area (Å²) in [6.07, 6.45) is 1.89. The molecule has 80 valence electrons. The predicted molar refractivity (Wildman–Crippen MR) is 52.8 cm³/mol. The highest BCUT2D eigenvalue weighted by atomic mass is 19.1. The van der Waals surface area contributed by atoms with Gasteiger partial charge in [-0.2, -0.15) is 5.26 Å². The maximum Gasteiger partial charge on any atom is 0.208 e. The summed E-state index contributed by atoms with van der Waals surface area (Å²) in [5.41, 5.74) is 0.649. The lowest BCUT2D eigenvalue weighted by molar-refractivity contribution is 0.538. The van der Waals surface area contributed by atoms with E-state index in [1.165, 1.54) is 6.07 Å². The number of rotatable bonds is 1. The molecule has 0 saturated heterocycles. The molecule has 1 fully saturated rings. The summed E-state index contributed by atoms with van der Waals surface area (Å²) in [6.45, 7) is 0. The second-order valence-electron chi connectivity index (χ2n) is 4.00. The van der Waals surface area contributed by atoms with Gasteiger partial charge in [0.15, 0.2) is 11.4 Å². The summed E-state index contributed by atoms with van der Waals surface area (Å²) in [5, 5.41) is 9.30. The van der Waals surface area contributed by atoms with Crippen LogP contribution < -0.4 is 0 Å². The molecule has 1 heterocycles. The van der Waals surface area contributed by atoms with Gasteiger partial charge in [-0.1, -0.05) is 0 Å². The first kappa shape index (κ1) is 9.34. The molecule has 0 spiro atoms. The molecule has 0 radical (unpaired) electrons. The second kappa shape index (κ2) is 3.05. The van der Waals surface area contributed by atoms with Gasteiger partial charge < -0.3 is 4.42 Å². The Bertz CT molecular complexity index is 620. The quantitative estimate of drug-likeness (QED) is 0.736. The van der Waals surface area contributed by atoms with Crippen LogP contribution in [0.5, 0.6) is 0 Å². The molecule has 0 atom stereocenters. The molecular weight excluding hydrogens is 212 g/mol. The molecule has 16 heavy (non-hydrogen) atoms. The number of nitriles is 1. The molecule has 1 aromatic heterocycles. The van der Waals surface area contributed by atoms with Crippen LogP contribution in [0, 0.1) is 23.0 Å². The fraction of sp³-hybridized carbons (Fsp3) is 0.250. The Morgan fingerprint density at radius 1 is 1.31 bits per heavy atom. The van der Waals surface area contributed by atoms with Gasteiger partial charge >= 0.3 is 0 Å². The summed E-state index contributed by atoms with van der Waals surface area (Å²) in [4.78, 5) is 0. The highest BCUT2D eigenvalue weighted by Crippen LogP contribution is 2.46. The molecule has 0 bridgehead atoms. The van der Waals surface area contributed by atoms with E-state index in [1.807, 2.05) is 6.07 Å². The number of halogens is 2. The minimum atomic E-state index is -0.751. The van der Waals surface area contributed by atoms with Crippen molar-refractivity contribution in [2.45, 2.75) is 18.8 Å². The van der Waals surface area contributed by atoms with E-state index >= 15 is 0 Å². The van der Waals surface area contributed by atoms with Crippen LogP contribution in [-0.2, 0) is 0 Å². The summed E-state index contributed by atoms with van der Waals surface area (Å²) in [7, 11) is 0. The smallest absolute Gasteiger partial charge is 0.208 e. The molecule has 0 N–H and O–H groups in total. The minimum Gasteiger partial charge on any atom is -0.442 e. The highest BCUT2D eigenvalue weighted by Gasteiger charge is 2.32. The van der Waals surface area contributed by atoms with E-state index in [0.29, 0.717) is 10.9 Å². The molecule has 1 aromatic carbocycles. The maximum atomic E-state index is 13.4. The Hall–Kier alpha value is -1.89. The average molecular weight is 219 g/mol. The van der Waals surface area contributed by atoms with Crippen LogP contribution in [0.25, 0.3) is 11.0 Å². The van der Waals surface area contributed by atoms with Crippen LogP contribution in [0.1, 0.15) is 30.1 Å². The van der Waals surface area contributed by atoms with E-state index in [4.69, 9.17) is 9.68 Å². The van der Waals surface area contributed by atoms with Gasteiger partial charge in [0.25, 0.3) is 0 Å². The molecule has 4 heteroatoms. The molecule has 1 aliphatic carbocycles. The van der Waals surface area contributed by atoms with Gasteiger partial charge in [-0.25, -0.2) is 8.78 Å². The van der Waals surface area contributed by atoms with Gasteiger partial charge in [-0.3, -0.25) is 0 Å². The Morgan fingerprint density at radius 3 is 2.69 bits per heavy atom. The van der Waals surface area contributed by atoms with Crippen LogP contribution in [0.4, 0.5) is 8.78 Å². The normalized spacial score (nSPS) is 15.3. The molecule has 2 aromatic rings. The number of benzene rings is 1. The SMILES string of the molecule is N#Cc1oc2c(F)cc(F)cc2c1C1CC1. The topological polar surface area (TPSA) is 36.9 Å². The summed E-state index contributed by atoms with van der Waals surface area (Å²) in [6, 6.07) is 3.90. The zero-order valence-corrected chi connectivity index (χ0v) is 8.26. The van der Waals surface area contributed by atoms with E-state index in [9.17, 15) is 8.78 Å². The fourth-order valence-corrected chi connectivity index (χ4v) is 2.00. The van der Waals surface area contributed by atoms with Crippen molar-refractivity contribution >= 4 is 11.0 Å². The molecule has 1 aliphatic rings. The van der Waals surface area contributed by atoms with Gasteiger partial charge in [-0.15, -0.1) is 0 Å². The standard InChI is InChI=1S/C12H7F2NO/c13-7-3-8-11(6-1-2-6)10(5-15)16-12(8)9(14)4-7/h3-4,6H,1-2H2. The monoisotopic (exact) mass is 219 g/mol. The van der Waals surface area contributed by atoms with Crippen LogP contribution in [-0.4, -0.2) is 0 Å². The summed E-state index contributed by atoms with van der Waals surface area (Å²) in [5.74, 6) is -1.06. The van der Waals surface area contributed by atoms with E-state index in [-0.39, 0.29) is 17.3 Å². The second-order valence-corrected chi connectivity index (χ2v) is 4.00. The van der Waals surface area contributed by atoms with Crippen molar-refractivity contribution in [2.75, 3.05) is 0 Å². The van der Waals surface area contributed by atoms with Crippen LogP contribution in [0.2, 0.25) is 0 Å². The van der Waals surface area contributed by atoms with Crippen molar-refractivity contribution in [3.05, 3.63) is 35.1 Å². The maximum absolute atomic E-state index is 13.4. The molecule has 1 saturated carbocycles. The lowest BCUT2D eigenvalue weighted by Gasteiger charge is -1.95. The number of furan rings is 1. The lowest BCUT2D eigenvalue weighted by atomic mass is 10.1. The molecule has 0 amide bonds. The Labute approximate surface area is 90.1 Å². The van der Waals surface area contributed by atoms with Gasteiger partial charge in [0.1, 0.15) is 11.9 Å².